The number of carboxylic acid groups (broad SMARTS) is 1. The first-order valence-corrected chi connectivity index (χ1v) is 5.14. The summed E-state index contributed by atoms with van der Waals surface area (Å²) >= 11 is 0. The van der Waals surface area contributed by atoms with Crippen molar-refractivity contribution in [1.29, 1.82) is 0 Å². The minimum Gasteiger partial charge on any atom is -0.479 e. The number of nitrogens with two attached hydrogens (primary N) is 1. The predicted molar refractivity (Wildman–Crippen MR) is 53.9 cm³/mol. The molecule has 0 amide bonds. The Morgan fingerprint density at radius 3 is 2.59 bits per heavy atom. The van der Waals surface area contributed by atoms with Gasteiger partial charge in [0, 0.05) is 0 Å². The van der Waals surface area contributed by atoms with Gasteiger partial charge in [-0.25, -0.2) is 4.79 Å². The van der Waals surface area contributed by atoms with Gasteiger partial charge in [-0.1, -0.05) is 0 Å². The molecule has 1 saturated heterocycles. The minimum atomic E-state index is -1.43. The van der Waals surface area contributed by atoms with Gasteiger partial charge in [0.2, 0.25) is 0 Å². The van der Waals surface area contributed by atoms with Gasteiger partial charge in [0.25, 0.3) is 0 Å². The first-order chi connectivity index (χ1) is 7.88. The molecule has 1 aliphatic heterocycles. The lowest BCUT2D eigenvalue weighted by Crippen LogP contribution is -2.63. The number of rotatable bonds is 4. The van der Waals surface area contributed by atoms with E-state index in [0.717, 1.165) is 0 Å². The standard InChI is InChI=1S/C9H17NO7/c1-3(8(13)14)16-7-5(10)9(15)17-4(2-11)6(7)12/h3-7,9,11-12,15H,2,10H2,1H3,(H,13,14)/t3-,4-,5-,6-,7+,9-/m1/s1. The Hall–Kier alpha value is -0.770. The van der Waals surface area contributed by atoms with E-state index in [0.29, 0.717) is 0 Å². The van der Waals surface area contributed by atoms with Gasteiger partial charge in [-0.2, -0.15) is 0 Å². The van der Waals surface area contributed by atoms with Gasteiger partial charge >= 0.3 is 5.97 Å². The van der Waals surface area contributed by atoms with E-state index in [1.165, 1.54) is 6.92 Å². The summed E-state index contributed by atoms with van der Waals surface area (Å²) in [6.07, 6.45) is -6.11. The number of hydrogen-bond donors (Lipinski definition) is 5. The highest BCUT2D eigenvalue weighted by Crippen LogP contribution is 2.22. The maximum absolute atomic E-state index is 10.6. The molecule has 8 nitrogen and oxygen atoms in total. The largest absolute Gasteiger partial charge is 0.479 e. The molecule has 0 unspecified atom stereocenters. The molecule has 6 atom stereocenters. The molecular formula is C9H17NO7. The highest BCUT2D eigenvalue weighted by molar-refractivity contribution is 5.71. The fourth-order valence-electron chi connectivity index (χ4n) is 1.57. The van der Waals surface area contributed by atoms with Crippen molar-refractivity contribution in [2.24, 2.45) is 5.73 Å². The Kier molecular flexibility index (Phi) is 4.80. The Balaban J connectivity index is 2.74. The van der Waals surface area contributed by atoms with Gasteiger partial charge in [0.05, 0.1) is 12.6 Å². The van der Waals surface area contributed by atoms with E-state index >= 15 is 0 Å². The molecule has 0 aromatic heterocycles. The Morgan fingerprint density at radius 1 is 1.53 bits per heavy atom. The smallest absolute Gasteiger partial charge is 0.332 e. The van der Waals surface area contributed by atoms with Crippen LogP contribution < -0.4 is 5.73 Å². The maximum atomic E-state index is 10.6. The van der Waals surface area contributed by atoms with Crippen LogP contribution in [0.5, 0.6) is 0 Å². The normalized spacial score (nSPS) is 39.9. The molecule has 17 heavy (non-hydrogen) atoms. The summed E-state index contributed by atoms with van der Waals surface area (Å²) in [6.45, 7) is 0.740. The summed E-state index contributed by atoms with van der Waals surface area (Å²) in [5, 5.41) is 36.8. The Morgan fingerprint density at radius 2 is 2.12 bits per heavy atom. The van der Waals surface area contributed by atoms with E-state index in [1.807, 2.05) is 0 Å². The fraction of sp³-hybridized carbons (Fsp3) is 0.889. The highest BCUT2D eigenvalue weighted by Gasteiger charge is 2.44. The van der Waals surface area contributed by atoms with Gasteiger partial charge < -0.3 is 35.6 Å². The lowest BCUT2D eigenvalue weighted by molar-refractivity contribution is -0.262. The summed E-state index contributed by atoms with van der Waals surface area (Å²) in [7, 11) is 0. The molecule has 0 aliphatic carbocycles. The second-order valence-electron chi connectivity index (χ2n) is 3.90. The lowest BCUT2D eigenvalue weighted by atomic mass is 9.97. The van der Waals surface area contributed by atoms with Gasteiger partial charge in [-0.15, -0.1) is 0 Å². The van der Waals surface area contributed by atoms with Gasteiger partial charge in [0.1, 0.15) is 18.3 Å². The van der Waals surface area contributed by atoms with Crippen LogP contribution in [-0.2, 0) is 14.3 Å². The van der Waals surface area contributed by atoms with Crippen molar-refractivity contribution in [3.63, 3.8) is 0 Å². The zero-order valence-electron chi connectivity index (χ0n) is 9.26. The highest BCUT2D eigenvalue weighted by atomic mass is 16.6. The first kappa shape index (κ1) is 14.3. The second-order valence-corrected chi connectivity index (χ2v) is 3.90. The van der Waals surface area contributed by atoms with Crippen molar-refractivity contribution in [1.82, 2.24) is 0 Å². The maximum Gasteiger partial charge on any atom is 0.332 e. The molecule has 1 aliphatic rings. The quantitative estimate of drug-likeness (QED) is 0.361. The average molecular weight is 251 g/mol. The molecule has 1 rings (SSSR count). The minimum absolute atomic E-state index is 0.535. The SMILES string of the molecule is C[C@@H](O[C@H]1[C@@H](N)[C@H](O)O[C@H](CO)[C@H]1O)C(=O)O. The van der Waals surface area contributed by atoms with Gasteiger partial charge in [-0.05, 0) is 6.92 Å². The second kappa shape index (κ2) is 5.71. The third kappa shape index (κ3) is 3.12. The van der Waals surface area contributed by atoms with Crippen LogP contribution in [0.4, 0.5) is 0 Å². The number of carbonyl (C=O) groups is 1. The average Bonchev–Trinajstić information content (AvgIpc) is 2.28. The zero-order valence-corrected chi connectivity index (χ0v) is 9.26. The van der Waals surface area contributed by atoms with E-state index < -0.39 is 49.3 Å². The van der Waals surface area contributed by atoms with Crippen molar-refractivity contribution < 1.29 is 34.7 Å². The van der Waals surface area contributed by atoms with E-state index in [2.05, 4.69) is 0 Å². The summed E-state index contributed by atoms with van der Waals surface area (Å²) in [6, 6.07) is -1.09. The van der Waals surface area contributed by atoms with Crippen LogP contribution in [-0.4, -0.2) is 69.8 Å². The van der Waals surface area contributed by atoms with Crippen molar-refractivity contribution in [2.75, 3.05) is 6.61 Å². The van der Waals surface area contributed by atoms with Crippen LogP contribution in [0.3, 0.4) is 0 Å². The number of carboxylic acids is 1. The third-order valence-corrected chi connectivity index (χ3v) is 2.63. The van der Waals surface area contributed by atoms with Crippen LogP contribution in [0.25, 0.3) is 0 Å². The molecule has 0 saturated carbocycles. The third-order valence-electron chi connectivity index (χ3n) is 2.63. The van der Waals surface area contributed by atoms with Crippen molar-refractivity contribution in [3.8, 4) is 0 Å². The molecule has 0 spiro atoms. The van der Waals surface area contributed by atoms with Crippen LogP contribution >= 0.6 is 0 Å². The number of aliphatic carboxylic acids is 1. The molecular weight excluding hydrogens is 234 g/mol. The van der Waals surface area contributed by atoms with E-state index in [-0.39, 0.29) is 0 Å². The number of aliphatic hydroxyl groups excluding tert-OH is 3. The topological polar surface area (TPSA) is 142 Å². The Bertz CT molecular complexity index is 274. The molecule has 0 radical (unpaired) electrons. The van der Waals surface area contributed by atoms with E-state index in [9.17, 15) is 15.0 Å². The number of ether oxygens (including phenoxy) is 2. The van der Waals surface area contributed by atoms with Crippen molar-refractivity contribution in [3.05, 3.63) is 0 Å². The van der Waals surface area contributed by atoms with Gasteiger partial charge in [-0.3, -0.25) is 0 Å². The molecule has 0 aromatic carbocycles. The molecule has 6 N–H and O–H groups in total. The molecule has 8 heteroatoms. The first-order valence-electron chi connectivity index (χ1n) is 5.14. The molecule has 0 aromatic rings. The summed E-state index contributed by atoms with van der Waals surface area (Å²) < 4.78 is 9.89. The van der Waals surface area contributed by atoms with E-state index in [4.69, 9.17) is 25.4 Å². The van der Waals surface area contributed by atoms with Crippen LogP contribution in [0.1, 0.15) is 6.92 Å². The van der Waals surface area contributed by atoms with E-state index in [1.54, 1.807) is 0 Å². The predicted octanol–water partition coefficient (Wildman–Crippen LogP) is -2.76. The molecule has 100 valence electrons. The lowest BCUT2D eigenvalue weighted by Gasteiger charge is -2.41. The monoisotopic (exact) mass is 251 g/mol. The van der Waals surface area contributed by atoms with Crippen LogP contribution in [0.15, 0.2) is 0 Å². The fourth-order valence-corrected chi connectivity index (χ4v) is 1.57. The van der Waals surface area contributed by atoms with Crippen LogP contribution in [0.2, 0.25) is 0 Å². The molecule has 1 fully saturated rings. The number of aliphatic hydroxyl groups is 3. The summed E-state index contributed by atoms with van der Waals surface area (Å²) in [5.74, 6) is -1.22. The van der Waals surface area contributed by atoms with Crippen LogP contribution in [0, 0.1) is 0 Å². The van der Waals surface area contributed by atoms with Gasteiger partial charge in [0.15, 0.2) is 12.4 Å². The Labute approximate surface area is 97.6 Å². The van der Waals surface area contributed by atoms with Crippen molar-refractivity contribution >= 4 is 5.97 Å². The summed E-state index contributed by atoms with van der Waals surface area (Å²) in [4.78, 5) is 10.6. The number of hydrogen-bond acceptors (Lipinski definition) is 7. The summed E-state index contributed by atoms with van der Waals surface area (Å²) in [5.41, 5.74) is 5.54. The van der Waals surface area contributed by atoms with Crippen molar-refractivity contribution in [2.45, 2.75) is 43.7 Å². The molecule has 0 bridgehead atoms. The molecule has 1 heterocycles. The zero-order chi connectivity index (χ0) is 13.2.